The Morgan fingerprint density at radius 1 is 1.12 bits per heavy atom. The van der Waals surface area contributed by atoms with Crippen LogP contribution in [0.2, 0.25) is 5.02 Å². The number of aliphatic imine (C=N–C) groups is 2. The largest absolute Gasteiger partial charge is 0.487 e. The number of hydrogen-bond acceptors (Lipinski definition) is 6. The fourth-order valence-electron chi connectivity index (χ4n) is 3.86. The number of hydrogen-bond donors (Lipinski definition) is 1. The lowest BCUT2D eigenvalue weighted by molar-refractivity contribution is 0.306. The van der Waals surface area contributed by atoms with Gasteiger partial charge in [0, 0.05) is 29.3 Å². The van der Waals surface area contributed by atoms with E-state index in [4.69, 9.17) is 20.8 Å². The van der Waals surface area contributed by atoms with Gasteiger partial charge in [-0.15, -0.1) is 0 Å². The number of sulfone groups is 1. The fourth-order valence-corrected chi connectivity index (χ4v) is 4.53. The summed E-state index contributed by atoms with van der Waals surface area (Å²) < 4.78 is 47.7. The Morgan fingerprint density at radius 3 is 2.68 bits per heavy atom. The number of halogens is 2. The zero-order chi connectivity index (χ0) is 29.4. The maximum Gasteiger partial charge on any atom is 0.149 e. The van der Waals surface area contributed by atoms with Crippen LogP contribution in [-0.4, -0.2) is 39.0 Å². The molecule has 0 saturated carbocycles. The van der Waals surface area contributed by atoms with E-state index in [1.807, 2.05) is 37.3 Å². The molecule has 0 fully saturated rings. The summed E-state index contributed by atoms with van der Waals surface area (Å²) in [4.78, 5) is 8.59. The van der Waals surface area contributed by atoms with Gasteiger partial charge in [0.05, 0.1) is 23.5 Å². The number of amidine groups is 1. The molecule has 4 aromatic rings. The van der Waals surface area contributed by atoms with Gasteiger partial charge in [-0.05, 0) is 66.6 Å². The van der Waals surface area contributed by atoms with Crippen LogP contribution in [0, 0.1) is 12.7 Å². The van der Waals surface area contributed by atoms with Crippen molar-refractivity contribution in [1.82, 2.24) is 0 Å². The molecule has 0 unspecified atom stereocenters. The highest BCUT2D eigenvalue weighted by molar-refractivity contribution is 7.90. The first-order valence-corrected chi connectivity index (χ1v) is 15.1. The molecule has 4 rings (SSSR count). The third-order valence-electron chi connectivity index (χ3n) is 5.91. The number of ether oxygens (including phenoxy) is 1. The summed E-state index contributed by atoms with van der Waals surface area (Å²) in [7, 11) is -3.07. The normalized spacial score (nSPS) is 12.0. The molecule has 1 heterocycles. The van der Waals surface area contributed by atoms with E-state index in [9.17, 15) is 12.8 Å². The monoisotopic (exact) mass is 593 g/mol. The van der Waals surface area contributed by atoms with Crippen LogP contribution in [0.3, 0.4) is 0 Å². The van der Waals surface area contributed by atoms with Crippen molar-refractivity contribution in [2.24, 2.45) is 9.98 Å². The molecule has 0 aliphatic heterocycles. The molecule has 0 aliphatic rings. The van der Waals surface area contributed by atoms with Crippen molar-refractivity contribution < 1.29 is 22.0 Å². The average molecular weight is 594 g/mol. The van der Waals surface area contributed by atoms with E-state index in [1.54, 1.807) is 30.3 Å². The minimum Gasteiger partial charge on any atom is -0.487 e. The van der Waals surface area contributed by atoms with Gasteiger partial charge < -0.3 is 14.5 Å². The number of nitrogens with zero attached hydrogens (tertiary/aromatic N) is 2. The van der Waals surface area contributed by atoms with Gasteiger partial charge in [0.25, 0.3) is 0 Å². The van der Waals surface area contributed by atoms with Gasteiger partial charge in [0.1, 0.15) is 45.4 Å². The van der Waals surface area contributed by atoms with Crippen LogP contribution in [0.25, 0.3) is 11.3 Å². The highest BCUT2D eigenvalue weighted by Crippen LogP contribution is 2.30. The van der Waals surface area contributed by atoms with Gasteiger partial charge in [0.2, 0.25) is 0 Å². The molecule has 3 aromatic carbocycles. The molecule has 0 radical (unpaired) electrons. The topological polar surface area (TPSA) is 93.3 Å². The molecule has 0 bridgehead atoms. The third kappa shape index (κ3) is 8.64. The van der Waals surface area contributed by atoms with Crippen molar-refractivity contribution in [3.8, 4) is 17.1 Å². The van der Waals surface area contributed by atoms with Crippen LogP contribution >= 0.6 is 11.6 Å². The number of anilines is 1. The van der Waals surface area contributed by atoms with Gasteiger partial charge in [-0.1, -0.05) is 42.4 Å². The van der Waals surface area contributed by atoms with Gasteiger partial charge >= 0.3 is 0 Å². The number of furan rings is 1. The molecule has 1 aromatic heterocycles. The summed E-state index contributed by atoms with van der Waals surface area (Å²) in [6, 6.07) is 20.9. The van der Waals surface area contributed by atoms with Crippen LogP contribution in [0.4, 0.5) is 10.1 Å². The van der Waals surface area contributed by atoms with Gasteiger partial charge in [-0.25, -0.2) is 17.8 Å². The summed E-state index contributed by atoms with van der Waals surface area (Å²) >= 11 is 6.49. The minimum atomic E-state index is -3.07. The maximum absolute atomic E-state index is 13.5. The lowest BCUT2D eigenvalue weighted by Crippen LogP contribution is -2.15. The first-order chi connectivity index (χ1) is 19.6. The molecule has 41 heavy (non-hydrogen) atoms. The van der Waals surface area contributed by atoms with E-state index < -0.39 is 9.84 Å². The quantitative estimate of drug-likeness (QED) is 0.148. The molecular formula is C31H29ClFN3O4S. The van der Waals surface area contributed by atoms with E-state index in [0.29, 0.717) is 39.4 Å². The molecule has 10 heteroatoms. The fraction of sp³-hybridized carbons (Fsp3) is 0.161. The minimum absolute atomic E-state index is 0.0212. The van der Waals surface area contributed by atoms with Crippen molar-refractivity contribution in [1.29, 1.82) is 0 Å². The molecule has 212 valence electrons. The lowest BCUT2D eigenvalue weighted by Gasteiger charge is -2.15. The van der Waals surface area contributed by atoms with Crippen molar-refractivity contribution in [2.45, 2.75) is 13.5 Å². The molecule has 0 amide bonds. The first kappa shape index (κ1) is 29.8. The van der Waals surface area contributed by atoms with E-state index in [2.05, 4.69) is 21.9 Å². The molecule has 1 N–H and O–H groups in total. The van der Waals surface area contributed by atoms with E-state index in [0.717, 1.165) is 16.7 Å². The summed E-state index contributed by atoms with van der Waals surface area (Å²) in [6.45, 7) is 6.07. The zero-order valence-corrected chi connectivity index (χ0v) is 24.2. The predicted molar refractivity (Wildman–Crippen MR) is 164 cm³/mol. The summed E-state index contributed by atoms with van der Waals surface area (Å²) in [5.41, 5.74) is 3.99. The van der Waals surface area contributed by atoms with Crippen LogP contribution in [0.15, 0.2) is 100.0 Å². The molecule has 7 nitrogen and oxygen atoms in total. The summed E-state index contributed by atoms with van der Waals surface area (Å²) in [5, 5.41) is 3.69. The highest BCUT2D eigenvalue weighted by Gasteiger charge is 2.13. The Labute approximate surface area is 244 Å². The van der Waals surface area contributed by atoms with Gasteiger partial charge in [-0.2, -0.15) is 0 Å². The maximum atomic E-state index is 13.5. The number of aryl methyl sites for hydroxylation is 1. The van der Waals surface area contributed by atoms with E-state index in [1.165, 1.54) is 30.8 Å². The average Bonchev–Trinajstić information content (AvgIpc) is 3.39. The molecule has 0 saturated heterocycles. The standard InChI is InChI=1S/C31H29ClFN3O4S/c1-4-35-31(36-25-10-12-30(28(32)18-25)39-20-22-6-5-7-24(33)16-22)27-17-23(9-8-21(27)2)29-13-11-26(40-29)19-34-14-15-41(3,37)38/h4-13,16-19H,1,14-15,20H2,2-3H3,(H,35,36). The SMILES string of the molecule is C=CN=C(Nc1ccc(OCc2cccc(F)c2)c(Cl)c1)c1cc(-c2ccc(C=NCCS(C)(=O)=O)o2)ccc1C. The lowest BCUT2D eigenvalue weighted by atomic mass is 10.0. The first-order valence-electron chi connectivity index (χ1n) is 12.6. The van der Waals surface area contributed by atoms with E-state index in [-0.39, 0.29) is 24.7 Å². The smallest absolute Gasteiger partial charge is 0.149 e. The Morgan fingerprint density at radius 2 is 1.95 bits per heavy atom. The van der Waals surface area contributed by atoms with Crippen LogP contribution in [-0.2, 0) is 16.4 Å². The third-order valence-corrected chi connectivity index (χ3v) is 7.13. The Balaban J connectivity index is 1.50. The summed E-state index contributed by atoms with van der Waals surface area (Å²) in [5.74, 6) is 1.81. The highest BCUT2D eigenvalue weighted by atomic mass is 35.5. The molecular weight excluding hydrogens is 565 g/mol. The van der Waals surface area contributed by atoms with E-state index >= 15 is 0 Å². The molecule has 0 atom stereocenters. The number of nitrogens with one attached hydrogen (secondary N) is 1. The van der Waals surface area contributed by atoms with Crippen molar-refractivity contribution >= 4 is 39.2 Å². The second-order valence-electron chi connectivity index (χ2n) is 9.25. The van der Waals surface area contributed by atoms with Gasteiger partial charge in [0.15, 0.2) is 0 Å². The van der Waals surface area contributed by atoms with Crippen molar-refractivity contribution in [3.05, 3.63) is 119 Å². The van der Waals surface area contributed by atoms with Gasteiger partial charge in [-0.3, -0.25) is 4.99 Å². The Hall–Kier alpha value is -4.21. The number of benzene rings is 3. The van der Waals surface area contributed by atoms with Crippen molar-refractivity contribution in [2.75, 3.05) is 23.9 Å². The zero-order valence-electron chi connectivity index (χ0n) is 22.6. The van der Waals surface area contributed by atoms with Crippen LogP contribution in [0.1, 0.15) is 22.5 Å². The van der Waals surface area contributed by atoms with Crippen molar-refractivity contribution in [3.63, 3.8) is 0 Å². The Kier molecular flexibility index (Phi) is 9.75. The second-order valence-corrected chi connectivity index (χ2v) is 11.9. The summed E-state index contributed by atoms with van der Waals surface area (Å²) in [6.07, 6.45) is 4.15. The second kappa shape index (κ2) is 13.4. The number of rotatable bonds is 11. The van der Waals surface area contributed by atoms with Crippen LogP contribution in [0.5, 0.6) is 5.75 Å². The molecule has 0 aliphatic carbocycles. The van der Waals surface area contributed by atoms with Crippen LogP contribution < -0.4 is 10.1 Å². The Bertz CT molecular complexity index is 1710. The molecule has 0 spiro atoms. The predicted octanol–water partition coefficient (Wildman–Crippen LogP) is 7.09.